The Hall–Kier alpha value is -2.66. The van der Waals surface area contributed by atoms with Crippen molar-refractivity contribution in [3.63, 3.8) is 0 Å². The van der Waals surface area contributed by atoms with Gasteiger partial charge in [0, 0.05) is 24.2 Å². The lowest BCUT2D eigenvalue weighted by atomic mass is 10.1. The molecule has 2 N–H and O–H groups in total. The van der Waals surface area contributed by atoms with Gasteiger partial charge in [-0.1, -0.05) is 41.9 Å². The number of hydrogen-bond acceptors (Lipinski definition) is 4. The lowest BCUT2D eigenvalue weighted by Crippen LogP contribution is -2.10. The molecule has 0 saturated heterocycles. The fourth-order valence-electron chi connectivity index (χ4n) is 2.57. The lowest BCUT2D eigenvalue weighted by molar-refractivity contribution is 0.610. The van der Waals surface area contributed by atoms with Crippen LogP contribution in [0.4, 0.5) is 16.0 Å². The van der Waals surface area contributed by atoms with E-state index in [1.165, 1.54) is 6.07 Å². The minimum atomic E-state index is -0.182. The van der Waals surface area contributed by atoms with E-state index in [-0.39, 0.29) is 5.82 Å². The average molecular weight is 371 g/mol. The van der Waals surface area contributed by atoms with E-state index < -0.39 is 0 Å². The van der Waals surface area contributed by atoms with E-state index in [1.807, 2.05) is 43.3 Å². The molecular weight excluding hydrogens is 351 g/mol. The third-order valence-corrected chi connectivity index (χ3v) is 4.14. The number of anilines is 2. The molecule has 0 aliphatic rings. The van der Waals surface area contributed by atoms with E-state index >= 15 is 0 Å². The molecule has 0 bridgehead atoms. The second kappa shape index (κ2) is 8.63. The van der Waals surface area contributed by atoms with E-state index in [0.29, 0.717) is 41.7 Å². The quantitative estimate of drug-likeness (QED) is 0.624. The molecule has 26 heavy (non-hydrogen) atoms. The number of nitrogens with one attached hydrogen (secondary N) is 2. The molecule has 3 aromatic rings. The van der Waals surface area contributed by atoms with Crippen LogP contribution in [0.25, 0.3) is 0 Å². The third-order valence-electron chi connectivity index (χ3n) is 3.88. The molecule has 3 rings (SSSR count). The van der Waals surface area contributed by atoms with Gasteiger partial charge in [0.05, 0.1) is 0 Å². The molecule has 0 aliphatic carbocycles. The fraction of sp³-hybridized carbons (Fsp3) is 0.200. The maximum atomic E-state index is 13.7. The van der Waals surface area contributed by atoms with Crippen molar-refractivity contribution in [2.24, 2.45) is 0 Å². The predicted molar refractivity (Wildman–Crippen MR) is 104 cm³/mol. The van der Waals surface area contributed by atoms with Crippen molar-refractivity contribution in [1.29, 1.82) is 0 Å². The van der Waals surface area contributed by atoms with Gasteiger partial charge >= 0.3 is 0 Å². The van der Waals surface area contributed by atoms with Crippen LogP contribution in [-0.2, 0) is 13.0 Å². The van der Waals surface area contributed by atoms with Gasteiger partial charge in [0.25, 0.3) is 0 Å². The molecule has 1 heterocycles. The topological polar surface area (TPSA) is 49.8 Å². The summed E-state index contributed by atoms with van der Waals surface area (Å²) in [7, 11) is 0. The van der Waals surface area contributed by atoms with Crippen LogP contribution >= 0.6 is 11.6 Å². The van der Waals surface area contributed by atoms with Crippen LogP contribution in [0.5, 0.6) is 0 Å². The first-order valence-electron chi connectivity index (χ1n) is 8.41. The first-order chi connectivity index (χ1) is 12.6. The van der Waals surface area contributed by atoms with Gasteiger partial charge < -0.3 is 10.6 Å². The van der Waals surface area contributed by atoms with E-state index in [9.17, 15) is 4.39 Å². The van der Waals surface area contributed by atoms with Crippen molar-refractivity contribution in [2.45, 2.75) is 19.9 Å². The second-order valence-corrected chi connectivity index (χ2v) is 6.37. The van der Waals surface area contributed by atoms with E-state index in [0.717, 1.165) is 11.4 Å². The highest BCUT2D eigenvalue weighted by Gasteiger charge is 2.04. The monoisotopic (exact) mass is 370 g/mol. The van der Waals surface area contributed by atoms with Crippen LogP contribution in [0.1, 0.15) is 17.0 Å². The Kier molecular flexibility index (Phi) is 6.02. The molecule has 0 fully saturated rings. The van der Waals surface area contributed by atoms with Gasteiger partial charge in [0.1, 0.15) is 23.3 Å². The zero-order valence-corrected chi connectivity index (χ0v) is 15.2. The van der Waals surface area contributed by atoms with Gasteiger partial charge in [-0.25, -0.2) is 14.4 Å². The molecule has 0 aliphatic heterocycles. The molecule has 0 atom stereocenters. The highest BCUT2D eigenvalue weighted by molar-refractivity contribution is 6.30. The van der Waals surface area contributed by atoms with E-state index in [4.69, 9.17) is 11.6 Å². The van der Waals surface area contributed by atoms with Gasteiger partial charge in [-0.05, 0) is 42.7 Å². The van der Waals surface area contributed by atoms with Crippen molar-refractivity contribution >= 4 is 23.2 Å². The fourth-order valence-corrected chi connectivity index (χ4v) is 2.70. The molecule has 6 heteroatoms. The zero-order chi connectivity index (χ0) is 18.4. The van der Waals surface area contributed by atoms with Gasteiger partial charge in [-0.15, -0.1) is 0 Å². The maximum absolute atomic E-state index is 13.7. The predicted octanol–water partition coefficient (Wildman–Crippen LogP) is 4.84. The molecule has 0 radical (unpaired) electrons. The molecule has 4 nitrogen and oxygen atoms in total. The highest BCUT2D eigenvalue weighted by Crippen LogP contribution is 2.15. The number of halogens is 2. The molecule has 0 spiro atoms. The SMILES string of the molecule is Cc1nc(NCCc2ccccc2F)cc(NCc2ccc(Cl)cc2)n1. The van der Waals surface area contributed by atoms with Crippen molar-refractivity contribution in [3.8, 4) is 0 Å². The molecular formula is C20H20ClFN4. The Labute approximate surface area is 157 Å². The summed E-state index contributed by atoms with van der Waals surface area (Å²) in [5.74, 6) is 1.94. The minimum Gasteiger partial charge on any atom is -0.370 e. The van der Waals surface area contributed by atoms with Crippen LogP contribution in [0.15, 0.2) is 54.6 Å². The standard InChI is InChI=1S/C20H20ClFN4/c1-14-25-19(23-11-10-16-4-2-3-5-18(16)22)12-20(26-14)24-13-15-6-8-17(21)9-7-15/h2-9,12H,10-11,13H2,1H3,(H2,23,24,25,26). The summed E-state index contributed by atoms with van der Waals surface area (Å²) in [6, 6.07) is 16.3. The van der Waals surface area contributed by atoms with Crippen LogP contribution in [0.2, 0.25) is 5.02 Å². The number of benzene rings is 2. The molecule has 0 amide bonds. The Balaban J connectivity index is 1.58. The number of nitrogens with zero attached hydrogens (tertiary/aromatic N) is 2. The summed E-state index contributed by atoms with van der Waals surface area (Å²) in [6.07, 6.45) is 0.587. The van der Waals surface area contributed by atoms with Crippen molar-refractivity contribution < 1.29 is 4.39 Å². The summed E-state index contributed by atoms with van der Waals surface area (Å²) >= 11 is 5.90. The Morgan fingerprint density at radius 2 is 1.65 bits per heavy atom. The molecule has 0 saturated carbocycles. The van der Waals surface area contributed by atoms with Crippen LogP contribution in [0, 0.1) is 12.7 Å². The number of aromatic nitrogens is 2. The Morgan fingerprint density at radius 3 is 2.38 bits per heavy atom. The van der Waals surface area contributed by atoms with Crippen molar-refractivity contribution in [3.05, 3.63) is 82.4 Å². The van der Waals surface area contributed by atoms with Gasteiger partial charge in [0.2, 0.25) is 0 Å². The number of aryl methyl sites for hydroxylation is 1. The van der Waals surface area contributed by atoms with Gasteiger partial charge in [-0.2, -0.15) is 0 Å². The summed E-state index contributed by atoms with van der Waals surface area (Å²) in [6.45, 7) is 3.08. The van der Waals surface area contributed by atoms with Gasteiger partial charge in [-0.3, -0.25) is 0 Å². The summed E-state index contributed by atoms with van der Waals surface area (Å²) in [5, 5.41) is 7.23. The Morgan fingerprint density at radius 1 is 0.962 bits per heavy atom. The molecule has 134 valence electrons. The van der Waals surface area contributed by atoms with Crippen LogP contribution in [0.3, 0.4) is 0 Å². The summed E-state index contributed by atoms with van der Waals surface area (Å²) in [4.78, 5) is 8.78. The molecule has 2 aromatic carbocycles. The minimum absolute atomic E-state index is 0.182. The largest absolute Gasteiger partial charge is 0.370 e. The number of hydrogen-bond donors (Lipinski definition) is 2. The first-order valence-corrected chi connectivity index (χ1v) is 8.79. The molecule has 1 aromatic heterocycles. The second-order valence-electron chi connectivity index (χ2n) is 5.93. The van der Waals surface area contributed by atoms with Crippen LogP contribution < -0.4 is 10.6 Å². The van der Waals surface area contributed by atoms with Gasteiger partial charge in [0.15, 0.2) is 0 Å². The third kappa shape index (κ3) is 5.17. The van der Waals surface area contributed by atoms with Crippen molar-refractivity contribution in [2.75, 3.05) is 17.2 Å². The van der Waals surface area contributed by atoms with Crippen molar-refractivity contribution in [1.82, 2.24) is 9.97 Å². The zero-order valence-electron chi connectivity index (χ0n) is 14.5. The van der Waals surface area contributed by atoms with E-state index in [1.54, 1.807) is 12.1 Å². The maximum Gasteiger partial charge on any atom is 0.132 e. The normalized spacial score (nSPS) is 10.6. The van der Waals surface area contributed by atoms with Crippen LogP contribution in [-0.4, -0.2) is 16.5 Å². The average Bonchev–Trinajstić information content (AvgIpc) is 2.62. The smallest absolute Gasteiger partial charge is 0.132 e. The summed E-state index contributed by atoms with van der Waals surface area (Å²) < 4.78 is 13.7. The number of rotatable bonds is 7. The highest BCUT2D eigenvalue weighted by atomic mass is 35.5. The molecule has 0 unspecified atom stereocenters. The Bertz CT molecular complexity index is 868. The lowest BCUT2D eigenvalue weighted by Gasteiger charge is -2.11. The van der Waals surface area contributed by atoms with E-state index in [2.05, 4.69) is 20.6 Å². The summed E-state index contributed by atoms with van der Waals surface area (Å²) in [5.41, 5.74) is 1.80. The first kappa shape index (κ1) is 18.1.